The van der Waals surface area contributed by atoms with Gasteiger partial charge < -0.3 is 10.2 Å². The van der Waals surface area contributed by atoms with Crippen LogP contribution in [0, 0.1) is 10.1 Å². The van der Waals surface area contributed by atoms with Crippen molar-refractivity contribution in [2.24, 2.45) is 0 Å². The largest absolute Gasteiger partial charge is 0.504 e. The maximum atomic E-state index is 10.9. The molecule has 23 heavy (non-hydrogen) atoms. The van der Waals surface area contributed by atoms with E-state index in [0.717, 1.165) is 16.5 Å². The fourth-order valence-electron chi connectivity index (χ4n) is 2.31. The second kappa shape index (κ2) is 5.76. The molecular weight excluding hydrogens is 296 g/mol. The number of nitrogens with zero attached hydrogens (tertiary/aromatic N) is 2. The minimum absolute atomic E-state index is 0.410. The van der Waals surface area contributed by atoms with Crippen LogP contribution in [0.15, 0.2) is 48.7 Å². The van der Waals surface area contributed by atoms with Gasteiger partial charge in [0.25, 0.3) is 0 Å². The Morgan fingerprint density at radius 2 is 1.87 bits per heavy atom. The number of phenolic OH excluding ortho intramolecular Hbond substituents is 2. The summed E-state index contributed by atoms with van der Waals surface area (Å²) in [7, 11) is 0. The Bertz CT molecular complexity index is 930. The van der Waals surface area contributed by atoms with E-state index in [1.807, 2.05) is 30.3 Å². The highest BCUT2D eigenvalue weighted by Gasteiger charge is 2.17. The summed E-state index contributed by atoms with van der Waals surface area (Å²) in [5.41, 5.74) is 1.61. The van der Waals surface area contributed by atoms with E-state index in [-0.39, 0.29) is 0 Å². The molecule has 0 amide bonds. The number of phenols is 2. The normalized spacial score (nSPS) is 11.1. The van der Waals surface area contributed by atoms with Crippen LogP contribution in [0.1, 0.15) is 11.1 Å². The van der Waals surface area contributed by atoms with Crippen LogP contribution in [-0.2, 0) is 0 Å². The zero-order chi connectivity index (χ0) is 16.4. The first-order valence-corrected chi connectivity index (χ1v) is 6.78. The zero-order valence-electron chi connectivity index (χ0n) is 11.9. The number of para-hydroxylation sites is 1. The molecule has 2 aromatic carbocycles. The molecule has 1 heterocycles. The van der Waals surface area contributed by atoms with Crippen LogP contribution in [0.3, 0.4) is 0 Å². The molecule has 0 saturated heterocycles. The summed E-state index contributed by atoms with van der Waals surface area (Å²) in [5, 5.41) is 30.9. The van der Waals surface area contributed by atoms with Crippen molar-refractivity contribution in [3.63, 3.8) is 0 Å². The number of rotatable bonds is 3. The topological polar surface area (TPSA) is 96.5 Å². The van der Waals surface area contributed by atoms with Crippen molar-refractivity contribution < 1.29 is 15.1 Å². The summed E-state index contributed by atoms with van der Waals surface area (Å²) in [6.07, 6.45) is 5.09. The summed E-state index contributed by atoms with van der Waals surface area (Å²) >= 11 is 0. The lowest BCUT2D eigenvalue weighted by Gasteiger charge is -2.03. The molecule has 0 spiro atoms. The molecule has 0 atom stereocenters. The molecule has 0 radical (unpaired) electrons. The molecule has 2 N–H and O–H groups in total. The van der Waals surface area contributed by atoms with Crippen LogP contribution >= 0.6 is 0 Å². The highest BCUT2D eigenvalue weighted by molar-refractivity contribution is 5.90. The first-order chi connectivity index (χ1) is 11.1. The summed E-state index contributed by atoms with van der Waals surface area (Å²) in [5.74, 6) is -1.26. The van der Waals surface area contributed by atoms with Gasteiger partial charge in [-0.3, -0.25) is 15.1 Å². The first kappa shape index (κ1) is 14.5. The van der Waals surface area contributed by atoms with Crippen molar-refractivity contribution in [2.45, 2.75) is 0 Å². The molecule has 0 bridgehead atoms. The lowest BCUT2D eigenvalue weighted by atomic mass is 10.1. The van der Waals surface area contributed by atoms with Gasteiger partial charge in [0.1, 0.15) is 0 Å². The molecule has 0 unspecified atom stereocenters. The molecular formula is C17H12N2O4. The second-order valence-electron chi connectivity index (χ2n) is 4.92. The zero-order valence-corrected chi connectivity index (χ0v) is 11.9. The number of pyridine rings is 1. The molecule has 0 aliphatic heterocycles. The minimum atomic E-state index is -0.742. The number of nitro groups is 1. The number of hydrogen-bond donors (Lipinski definition) is 2. The van der Waals surface area contributed by atoms with Crippen molar-refractivity contribution in [1.29, 1.82) is 0 Å². The van der Waals surface area contributed by atoms with Gasteiger partial charge in [-0.15, -0.1) is 0 Å². The van der Waals surface area contributed by atoms with Gasteiger partial charge in [-0.05, 0) is 29.3 Å². The Morgan fingerprint density at radius 1 is 1.09 bits per heavy atom. The number of nitro benzene ring substituents is 1. The van der Waals surface area contributed by atoms with E-state index in [9.17, 15) is 20.3 Å². The van der Waals surface area contributed by atoms with E-state index in [1.165, 1.54) is 12.1 Å². The Labute approximate surface area is 131 Å². The maximum absolute atomic E-state index is 10.9. The van der Waals surface area contributed by atoms with Crippen LogP contribution in [0.2, 0.25) is 0 Å². The molecule has 0 saturated carbocycles. The fraction of sp³-hybridized carbons (Fsp3) is 0. The summed E-state index contributed by atoms with van der Waals surface area (Å²) in [6.45, 7) is 0. The highest BCUT2D eigenvalue weighted by Crippen LogP contribution is 2.36. The number of benzene rings is 2. The molecule has 0 aliphatic carbocycles. The van der Waals surface area contributed by atoms with Gasteiger partial charge in [0, 0.05) is 17.6 Å². The number of aromatic hydroxyl groups is 2. The average molecular weight is 308 g/mol. The van der Waals surface area contributed by atoms with Crippen LogP contribution < -0.4 is 0 Å². The second-order valence-corrected chi connectivity index (χ2v) is 4.92. The van der Waals surface area contributed by atoms with E-state index in [0.29, 0.717) is 5.56 Å². The van der Waals surface area contributed by atoms with E-state index < -0.39 is 22.1 Å². The van der Waals surface area contributed by atoms with Gasteiger partial charge in [0.2, 0.25) is 5.75 Å². The number of fused-ring (bicyclic) bond motifs is 1. The number of aromatic nitrogens is 1. The third kappa shape index (κ3) is 2.82. The number of hydrogen-bond acceptors (Lipinski definition) is 5. The Hall–Kier alpha value is -3.41. The van der Waals surface area contributed by atoms with Gasteiger partial charge in [-0.1, -0.05) is 30.4 Å². The van der Waals surface area contributed by atoms with Crippen molar-refractivity contribution >= 4 is 28.7 Å². The molecule has 6 nitrogen and oxygen atoms in total. The van der Waals surface area contributed by atoms with Gasteiger partial charge in [0.15, 0.2) is 5.75 Å². The Morgan fingerprint density at radius 3 is 2.65 bits per heavy atom. The lowest BCUT2D eigenvalue weighted by molar-refractivity contribution is -0.386. The van der Waals surface area contributed by atoms with Crippen molar-refractivity contribution in [1.82, 2.24) is 4.98 Å². The molecule has 3 aromatic rings. The standard InChI is InChI=1S/C17H12N2O4/c20-16-10-11(9-15(17(16)21)19(22)23)5-6-12-7-8-18-14-4-2-1-3-13(12)14/h1-10,20-21H/b6-5+. The third-order valence-electron chi connectivity index (χ3n) is 3.43. The smallest absolute Gasteiger partial charge is 0.315 e. The predicted octanol–water partition coefficient (Wildman–Crippen LogP) is 3.72. The van der Waals surface area contributed by atoms with Crippen LogP contribution in [0.4, 0.5) is 5.69 Å². The van der Waals surface area contributed by atoms with Crippen LogP contribution in [-0.4, -0.2) is 20.1 Å². The maximum Gasteiger partial charge on any atom is 0.315 e. The molecule has 0 fully saturated rings. The fourth-order valence-corrected chi connectivity index (χ4v) is 2.31. The predicted molar refractivity (Wildman–Crippen MR) is 87.1 cm³/mol. The quantitative estimate of drug-likeness (QED) is 0.436. The molecule has 0 aliphatic rings. The van der Waals surface area contributed by atoms with E-state index in [2.05, 4.69) is 4.98 Å². The van der Waals surface area contributed by atoms with Gasteiger partial charge >= 0.3 is 5.69 Å². The van der Waals surface area contributed by atoms with Crippen molar-refractivity contribution in [3.05, 3.63) is 69.9 Å². The SMILES string of the molecule is O=[N+]([O-])c1cc(/C=C/c2ccnc3ccccc23)cc(O)c1O. The van der Waals surface area contributed by atoms with Crippen LogP contribution in [0.5, 0.6) is 11.5 Å². The van der Waals surface area contributed by atoms with E-state index in [1.54, 1.807) is 18.3 Å². The summed E-state index contributed by atoms with van der Waals surface area (Å²) in [4.78, 5) is 14.4. The van der Waals surface area contributed by atoms with E-state index >= 15 is 0 Å². The van der Waals surface area contributed by atoms with Crippen molar-refractivity contribution in [2.75, 3.05) is 0 Å². The van der Waals surface area contributed by atoms with Gasteiger partial charge in [-0.25, -0.2) is 0 Å². The van der Waals surface area contributed by atoms with Gasteiger partial charge in [-0.2, -0.15) is 0 Å². The van der Waals surface area contributed by atoms with E-state index in [4.69, 9.17) is 0 Å². The molecule has 114 valence electrons. The van der Waals surface area contributed by atoms with Gasteiger partial charge in [0.05, 0.1) is 10.4 Å². The monoisotopic (exact) mass is 308 g/mol. The highest BCUT2D eigenvalue weighted by atomic mass is 16.6. The Balaban J connectivity index is 2.04. The lowest BCUT2D eigenvalue weighted by Crippen LogP contribution is -1.89. The summed E-state index contributed by atoms with van der Waals surface area (Å²) in [6, 6.07) is 11.9. The minimum Gasteiger partial charge on any atom is -0.504 e. The summed E-state index contributed by atoms with van der Waals surface area (Å²) < 4.78 is 0. The molecule has 6 heteroatoms. The molecule has 1 aromatic heterocycles. The molecule has 3 rings (SSSR count). The average Bonchev–Trinajstić information content (AvgIpc) is 2.55. The first-order valence-electron chi connectivity index (χ1n) is 6.78. The van der Waals surface area contributed by atoms with Crippen LogP contribution in [0.25, 0.3) is 23.1 Å². The Kier molecular flexibility index (Phi) is 3.64. The van der Waals surface area contributed by atoms with Crippen molar-refractivity contribution in [3.8, 4) is 11.5 Å². The third-order valence-corrected chi connectivity index (χ3v) is 3.43.